The second-order valence-corrected chi connectivity index (χ2v) is 4.97. The summed E-state index contributed by atoms with van der Waals surface area (Å²) in [6.07, 6.45) is 2.14. The van der Waals surface area contributed by atoms with Crippen molar-refractivity contribution in [2.24, 2.45) is 11.3 Å². The van der Waals surface area contributed by atoms with Gasteiger partial charge in [-0.15, -0.1) is 0 Å². The molecule has 0 rings (SSSR count). The summed E-state index contributed by atoms with van der Waals surface area (Å²) in [7, 11) is 0. The maximum Gasteiger partial charge on any atom is 0.0592 e. The van der Waals surface area contributed by atoms with Crippen molar-refractivity contribution in [3.63, 3.8) is 0 Å². The van der Waals surface area contributed by atoms with Gasteiger partial charge in [-0.2, -0.15) is 0 Å². The van der Waals surface area contributed by atoms with Crippen LogP contribution in [0.2, 0.25) is 0 Å². The fraction of sp³-hybridized carbons (Fsp3) is 1.00. The zero-order valence-corrected chi connectivity index (χ0v) is 9.38. The quantitative estimate of drug-likeness (QED) is 0.671. The molecule has 13 heavy (non-hydrogen) atoms. The van der Waals surface area contributed by atoms with Crippen molar-refractivity contribution in [1.82, 2.24) is 0 Å². The summed E-state index contributed by atoms with van der Waals surface area (Å²) < 4.78 is 0. The third-order valence-corrected chi connectivity index (χ3v) is 2.47. The molecular weight excluding hydrogens is 164 g/mol. The fourth-order valence-corrected chi connectivity index (χ4v) is 1.86. The number of aliphatic hydroxyl groups excluding tert-OH is 2. The Hall–Kier alpha value is -0.0800. The molecule has 2 heteroatoms. The molecule has 1 unspecified atom stereocenters. The van der Waals surface area contributed by atoms with Crippen LogP contribution in [0, 0.1) is 11.3 Å². The minimum Gasteiger partial charge on any atom is -0.396 e. The highest BCUT2D eigenvalue weighted by Gasteiger charge is 2.27. The van der Waals surface area contributed by atoms with Crippen LogP contribution in [0.4, 0.5) is 0 Å². The van der Waals surface area contributed by atoms with Crippen LogP contribution in [-0.4, -0.2) is 22.9 Å². The van der Waals surface area contributed by atoms with Crippen molar-refractivity contribution in [2.45, 2.75) is 53.1 Å². The van der Waals surface area contributed by atoms with Gasteiger partial charge in [0.05, 0.1) is 6.10 Å². The van der Waals surface area contributed by atoms with Gasteiger partial charge in [0.2, 0.25) is 0 Å². The molecule has 80 valence electrons. The maximum absolute atomic E-state index is 9.85. The molecule has 1 atom stereocenters. The average molecular weight is 188 g/mol. The highest BCUT2D eigenvalue weighted by atomic mass is 16.3. The minimum absolute atomic E-state index is 0.0245. The van der Waals surface area contributed by atoms with Crippen molar-refractivity contribution in [2.75, 3.05) is 6.61 Å². The monoisotopic (exact) mass is 188 g/mol. The smallest absolute Gasteiger partial charge is 0.0592 e. The van der Waals surface area contributed by atoms with Crippen molar-refractivity contribution in [1.29, 1.82) is 0 Å². The van der Waals surface area contributed by atoms with E-state index in [1.54, 1.807) is 0 Å². The third kappa shape index (κ3) is 5.27. The molecule has 0 aliphatic rings. The first-order valence-corrected chi connectivity index (χ1v) is 5.19. The Kier molecular flexibility index (Phi) is 5.57. The molecule has 2 nitrogen and oxygen atoms in total. The molecule has 0 heterocycles. The van der Waals surface area contributed by atoms with Crippen LogP contribution < -0.4 is 0 Å². The van der Waals surface area contributed by atoms with Gasteiger partial charge in [0.15, 0.2) is 0 Å². The van der Waals surface area contributed by atoms with Gasteiger partial charge in [0, 0.05) is 6.61 Å². The number of hydrogen-bond donors (Lipinski definition) is 2. The molecule has 0 aromatic heterocycles. The highest BCUT2D eigenvalue weighted by Crippen LogP contribution is 2.31. The molecule has 0 aromatic rings. The van der Waals surface area contributed by atoms with Crippen LogP contribution in [0.25, 0.3) is 0 Å². The Morgan fingerprint density at radius 3 is 2.15 bits per heavy atom. The zero-order valence-electron chi connectivity index (χ0n) is 9.38. The van der Waals surface area contributed by atoms with Gasteiger partial charge in [-0.3, -0.25) is 0 Å². The average Bonchev–Trinajstić information content (AvgIpc) is 1.97. The Morgan fingerprint density at radius 1 is 1.23 bits per heavy atom. The zero-order chi connectivity index (χ0) is 10.5. The lowest BCUT2D eigenvalue weighted by Crippen LogP contribution is -2.30. The van der Waals surface area contributed by atoms with E-state index in [2.05, 4.69) is 27.7 Å². The number of hydrogen-bond acceptors (Lipinski definition) is 2. The second-order valence-electron chi connectivity index (χ2n) is 4.97. The summed E-state index contributed by atoms with van der Waals surface area (Å²) in [6.45, 7) is 8.69. The Labute approximate surface area is 82.0 Å². The third-order valence-electron chi connectivity index (χ3n) is 2.47. The topological polar surface area (TPSA) is 40.5 Å². The molecule has 0 radical (unpaired) electrons. The van der Waals surface area contributed by atoms with E-state index in [1.807, 2.05) is 0 Å². The van der Waals surface area contributed by atoms with E-state index in [9.17, 15) is 5.11 Å². The van der Waals surface area contributed by atoms with Crippen LogP contribution in [0.1, 0.15) is 47.0 Å². The van der Waals surface area contributed by atoms with Gasteiger partial charge in [0.1, 0.15) is 0 Å². The molecule has 0 bridgehead atoms. The Balaban J connectivity index is 3.94. The summed E-state index contributed by atoms with van der Waals surface area (Å²) in [4.78, 5) is 0. The maximum atomic E-state index is 9.85. The Morgan fingerprint density at radius 2 is 1.77 bits per heavy atom. The predicted molar refractivity (Wildman–Crippen MR) is 55.6 cm³/mol. The van der Waals surface area contributed by atoms with E-state index in [-0.39, 0.29) is 18.1 Å². The lowest BCUT2D eigenvalue weighted by Gasteiger charge is -2.32. The van der Waals surface area contributed by atoms with Crippen LogP contribution in [0.5, 0.6) is 0 Å². The standard InChI is InChI=1S/C11H24O2/c1-9(2)8-11(3,4)10(13)6-5-7-12/h9-10,12-13H,5-8H2,1-4H3. The van der Waals surface area contributed by atoms with Crippen LogP contribution >= 0.6 is 0 Å². The normalized spacial score (nSPS) is 15.0. The van der Waals surface area contributed by atoms with Gasteiger partial charge in [-0.05, 0) is 30.6 Å². The van der Waals surface area contributed by atoms with Crippen LogP contribution in [-0.2, 0) is 0 Å². The van der Waals surface area contributed by atoms with E-state index >= 15 is 0 Å². The van der Waals surface area contributed by atoms with Gasteiger partial charge in [0.25, 0.3) is 0 Å². The van der Waals surface area contributed by atoms with Gasteiger partial charge < -0.3 is 10.2 Å². The van der Waals surface area contributed by atoms with Gasteiger partial charge >= 0.3 is 0 Å². The van der Waals surface area contributed by atoms with Crippen molar-refractivity contribution in [3.05, 3.63) is 0 Å². The summed E-state index contributed by atoms with van der Waals surface area (Å²) in [5.41, 5.74) is -0.0245. The van der Waals surface area contributed by atoms with Gasteiger partial charge in [-0.1, -0.05) is 27.7 Å². The first-order valence-electron chi connectivity index (χ1n) is 5.19. The van der Waals surface area contributed by atoms with E-state index < -0.39 is 0 Å². The Bertz CT molecular complexity index is 130. The molecule has 0 aliphatic heterocycles. The summed E-state index contributed by atoms with van der Waals surface area (Å²) in [5, 5.41) is 18.5. The van der Waals surface area contributed by atoms with Gasteiger partial charge in [-0.25, -0.2) is 0 Å². The second kappa shape index (κ2) is 5.61. The molecule has 2 N–H and O–H groups in total. The SMILES string of the molecule is CC(C)CC(C)(C)C(O)CCCO. The van der Waals surface area contributed by atoms with E-state index in [0.29, 0.717) is 18.8 Å². The van der Waals surface area contributed by atoms with E-state index in [4.69, 9.17) is 5.11 Å². The fourth-order valence-electron chi connectivity index (χ4n) is 1.86. The highest BCUT2D eigenvalue weighted by molar-refractivity contribution is 4.78. The molecule has 0 saturated heterocycles. The molecule has 0 amide bonds. The number of aliphatic hydroxyl groups is 2. The number of rotatable bonds is 6. The van der Waals surface area contributed by atoms with E-state index in [0.717, 1.165) is 6.42 Å². The molecule has 0 saturated carbocycles. The van der Waals surface area contributed by atoms with Crippen molar-refractivity contribution < 1.29 is 10.2 Å². The largest absolute Gasteiger partial charge is 0.396 e. The van der Waals surface area contributed by atoms with Crippen molar-refractivity contribution >= 4 is 0 Å². The summed E-state index contributed by atoms with van der Waals surface area (Å²) in [5.74, 6) is 0.610. The predicted octanol–water partition coefficient (Wildman–Crippen LogP) is 2.19. The molecule has 0 spiro atoms. The minimum atomic E-state index is -0.290. The molecule has 0 aliphatic carbocycles. The molecular formula is C11H24O2. The van der Waals surface area contributed by atoms with E-state index in [1.165, 1.54) is 0 Å². The molecule has 0 aromatic carbocycles. The summed E-state index contributed by atoms with van der Waals surface area (Å²) >= 11 is 0. The first-order chi connectivity index (χ1) is 5.90. The first kappa shape index (κ1) is 12.9. The van der Waals surface area contributed by atoms with Crippen molar-refractivity contribution in [3.8, 4) is 0 Å². The summed E-state index contributed by atoms with van der Waals surface area (Å²) in [6, 6.07) is 0. The van der Waals surface area contributed by atoms with Crippen LogP contribution in [0.15, 0.2) is 0 Å². The lowest BCUT2D eigenvalue weighted by atomic mass is 9.77. The van der Waals surface area contributed by atoms with Crippen LogP contribution in [0.3, 0.4) is 0 Å². The lowest BCUT2D eigenvalue weighted by molar-refractivity contribution is 0.0241. The molecule has 0 fully saturated rings.